The third-order valence-electron chi connectivity index (χ3n) is 5.23. The third-order valence-corrected chi connectivity index (χ3v) is 5.43. The molecule has 4 heterocycles. The summed E-state index contributed by atoms with van der Waals surface area (Å²) in [5.41, 5.74) is 0.388. The highest BCUT2D eigenvalue weighted by atomic mass is 35.5. The third kappa shape index (κ3) is 3.25. The smallest absolute Gasteiger partial charge is 0.407 e. The molecule has 3 aliphatic rings. The van der Waals surface area contributed by atoms with Crippen molar-refractivity contribution in [2.45, 2.75) is 19.0 Å². The molecule has 2 atom stereocenters. The summed E-state index contributed by atoms with van der Waals surface area (Å²) in [5.74, 6) is 0.694. The molecule has 0 radical (unpaired) electrons. The van der Waals surface area contributed by atoms with E-state index in [0.717, 1.165) is 0 Å². The van der Waals surface area contributed by atoms with Gasteiger partial charge >= 0.3 is 6.09 Å². The van der Waals surface area contributed by atoms with Crippen molar-refractivity contribution in [3.8, 4) is 5.75 Å². The number of hydrogen-bond donors (Lipinski definition) is 1. The minimum Gasteiger partial charge on any atom is -0.490 e. The largest absolute Gasteiger partial charge is 0.490 e. The van der Waals surface area contributed by atoms with Crippen molar-refractivity contribution < 1.29 is 24.2 Å². The fourth-order valence-corrected chi connectivity index (χ4v) is 3.99. The fourth-order valence-electron chi connectivity index (χ4n) is 3.81. The van der Waals surface area contributed by atoms with E-state index in [2.05, 4.69) is 4.98 Å². The number of hydrogen-bond acceptors (Lipinski definition) is 6. The Labute approximate surface area is 161 Å². The molecule has 1 aromatic heterocycles. The molecule has 0 aliphatic carbocycles. The first-order valence-corrected chi connectivity index (χ1v) is 9.30. The monoisotopic (exact) mass is 396 g/mol. The fraction of sp³-hybridized carbons (Fsp3) is 0.588. The second kappa shape index (κ2) is 7.05. The second-order valence-corrected chi connectivity index (χ2v) is 7.34. The summed E-state index contributed by atoms with van der Waals surface area (Å²) < 4.78 is 11.4. The lowest BCUT2D eigenvalue weighted by atomic mass is 10.1. The summed E-state index contributed by atoms with van der Waals surface area (Å²) in [4.78, 5) is 34.1. The molecule has 27 heavy (non-hydrogen) atoms. The number of piperazine rings is 1. The van der Waals surface area contributed by atoms with E-state index in [-0.39, 0.29) is 42.8 Å². The Morgan fingerprint density at radius 1 is 1.30 bits per heavy atom. The average Bonchev–Trinajstić information content (AvgIpc) is 2.78. The average molecular weight is 397 g/mol. The number of nitrogens with zero attached hydrogens (tertiary/aromatic N) is 4. The van der Waals surface area contributed by atoms with Gasteiger partial charge in [0.1, 0.15) is 28.9 Å². The number of pyridine rings is 1. The van der Waals surface area contributed by atoms with Crippen LogP contribution in [0.4, 0.5) is 10.6 Å². The van der Waals surface area contributed by atoms with E-state index in [1.54, 1.807) is 11.0 Å². The summed E-state index contributed by atoms with van der Waals surface area (Å²) in [6.45, 7) is 4.71. The number of halogens is 1. The molecular formula is C17H21ClN4O5. The van der Waals surface area contributed by atoms with Gasteiger partial charge in [0.15, 0.2) is 0 Å². The molecule has 1 N–H and O–H groups in total. The van der Waals surface area contributed by atoms with E-state index in [9.17, 15) is 14.7 Å². The van der Waals surface area contributed by atoms with Crippen LogP contribution in [0.15, 0.2) is 6.07 Å². The lowest BCUT2D eigenvalue weighted by Crippen LogP contribution is -2.57. The van der Waals surface area contributed by atoms with Crippen molar-refractivity contribution in [2.24, 2.45) is 0 Å². The van der Waals surface area contributed by atoms with Gasteiger partial charge < -0.3 is 29.3 Å². The molecule has 2 fully saturated rings. The lowest BCUT2D eigenvalue weighted by molar-refractivity contribution is 0.0390. The maximum Gasteiger partial charge on any atom is 0.407 e. The molecule has 2 amide bonds. The van der Waals surface area contributed by atoms with Crippen molar-refractivity contribution in [2.75, 3.05) is 50.9 Å². The highest BCUT2D eigenvalue weighted by Crippen LogP contribution is 2.36. The highest BCUT2D eigenvalue weighted by molar-refractivity contribution is 6.30. The Balaban J connectivity index is 1.72. The maximum atomic E-state index is 13.4. The minimum atomic E-state index is -0.989. The van der Waals surface area contributed by atoms with E-state index in [0.29, 0.717) is 43.4 Å². The van der Waals surface area contributed by atoms with Crippen LogP contribution in [0.1, 0.15) is 17.3 Å². The molecule has 10 heteroatoms. The molecule has 2 saturated heterocycles. The highest BCUT2D eigenvalue weighted by Gasteiger charge is 2.39. The Morgan fingerprint density at radius 3 is 2.85 bits per heavy atom. The standard InChI is InChI=1S/C17H21ClN4O5/c1-10-8-26-5-4-21(10)15-14-12(6-13(18)19-15)27-9-11-7-20(17(24)25)2-3-22(11)16(14)23/h6,10-11H,2-5,7-9H2,1H3,(H,24,25)/t10-,11+/m0/s1. The van der Waals surface area contributed by atoms with Gasteiger partial charge in [-0.1, -0.05) is 11.6 Å². The number of amides is 2. The van der Waals surface area contributed by atoms with Crippen molar-refractivity contribution in [3.63, 3.8) is 0 Å². The Hall–Kier alpha value is -2.26. The Bertz CT molecular complexity index is 776. The topological polar surface area (TPSA) is 95.4 Å². The van der Waals surface area contributed by atoms with Gasteiger partial charge in [0.2, 0.25) is 0 Å². The Kier molecular flexibility index (Phi) is 4.73. The number of aromatic nitrogens is 1. The van der Waals surface area contributed by atoms with Crippen LogP contribution < -0.4 is 9.64 Å². The zero-order chi connectivity index (χ0) is 19.1. The van der Waals surface area contributed by atoms with Gasteiger partial charge in [-0.3, -0.25) is 4.79 Å². The van der Waals surface area contributed by atoms with Gasteiger partial charge in [-0.05, 0) is 6.92 Å². The number of anilines is 1. The van der Waals surface area contributed by atoms with Crippen LogP contribution in [0.3, 0.4) is 0 Å². The zero-order valence-corrected chi connectivity index (χ0v) is 15.7. The quantitative estimate of drug-likeness (QED) is 0.711. The van der Waals surface area contributed by atoms with E-state index < -0.39 is 6.09 Å². The van der Waals surface area contributed by atoms with E-state index in [1.165, 1.54) is 4.90 Å². The summed E-state index contributed by atoms with van der Waals surface area (Å²) in [7, 11) is 0. The number of carbonyl (C=O) groups excluding carboxylic acids is 1. The first-order chi connectivity index (χ1) is 13.0. The molecule has 4 rings (SSSR count). The summed E-state index contributed by atoms with van der Waals surface area (Å²) in [6, 6.07) is 1.25. The molecule has 1 aromatic rings. The first kappa shape index (κ1) is 18.1. The second-order valence-electron chi connectivity index (χ2n) is 6.95. The minimum absolute atomic E-state index is 0.0459. The van der Waals surface area contributed by atoms with Gasteiger partial charge in [-0.15, -0.1) is 0 Å². The normalized spacial score (nSPS) is 25.4. The van der Waals surface area contributed by atoms with Gasteiger partial charge in [0, 0.05) is 32.2 Å². The van der Waals surface area contributed by atoms with E-state index in [1.807, 2.05) is 11.8 Å². The number of morpholine rings is 1. The lowest BCUT2D eigenvalue weighted by Gasteiger charge is -2.39. The Morgan fingerprint density at radius 2 is 2.11 bits per heavy atom. The summed E-state index contributed by atoms with van der Waals surface area (Å²) in [5, 5.41) is 9.51. The first-order valence-electron chi connectivity index (χ1n) is 8.92. The molecule has 0 saturated carbocycles. The number of rotatable bonds is 1. The van der Waals surface area contributed by atoms with Gasteiger partial charge in [0.25, 0.3) is 5.91 Å². The van der Waals surface area contributed by atoms with E-state index >= 15 is 0 Å². The molecule has 0 bridgehead atoms. The van der Waals surface area contributed by atoms with Crippen LogP contribution in [0.2, 0.25) is 5.15 Å². The summed E-state index contributed by atoms with van der Waals surface area (Å²) in [6.07, 6.45) is -0.989. The van der Waals surface area contributed by atoms with Gasteiger partial charge in [0.05, 0.1) is 25.3 Å². The predicted molar refractivity (Wildman–Crippen MR) is 96.8 cm³/mol. The molecule has 0 spiro atoms. The van der Waals surface area contributed by atoms with Crippen LogP contribution >= 0.6 is 11.6 Å². The van der Waals surface area contributed by atoms with Crippen molar-refractivity contribution in [1.29, 1.82) is 0 Å². The van der Waals surface area contributed by atoms with Crippen LogP contribution in [0.25, 0.3) is 0 Å². The maximum absolute atomic E-state index is 13.4. The molecule has 0 unspecified atom stereocenters. The molecular weight excluding hydrogens is 376 g/mol. The summed E-state index contributed by atoms with van der Waals surface area (Å²) >= 11 is 6.21. The van der Waals surface area contributed by atoms with Gasteiger partial charge in [-0.2, -0.15) is 0 Å². The van der Waals surface area contributed by atoms with Crippen molar-refractivity contribution in [1.82, 2.24) is 14.8 Å². The predicted octanol–water partition coefficient (Wildman–Crippen LogP) is 1.16. The number of fused-ring (bicyclic) bond motifs is 2. The number of ether oxygens (including phenoxy) is 2. The van der Waals surface area contributed by atoms with Gasteiger partial charge in [-0.25, -0.2) is 9.78 Å². The number of carbonyl (C=O) groups is 2. The molecule has 146 valence electrons. The van der Waals surface area contributed by atoms with Crippen LogP contribution in [0, 0.1) is 0 Å². The van der Waals surface area contributed by atoms with Crippen LogP contribution in [-0.2, 0) is 4.74 Å². The van der Waals surface area contributed by atoms with Crippen molar-refractivity contribution >= 4 is 29.4 Å². The van der Waals surface area contributed by atoms with Crippen LogP contribution in [-0.4, -0.2) is 90.0 Å². The molecule has 3 aliphatic heterocycles. The van der Waals surface area contributed by atoms with Crippen molar-refractivity contribution in [3.05, 3.63) is 16.8 Å². The van der Waals surface area contributed by atoms with E-state index in [4.69, 9.17) is 21.1 Å². The zero-order valence-electron chi connectivity index (χ0n) is 14.9. The SMILES string of the molecule is C[C@H]1COCCN1c1nc(Cl)cc2c1C(=O)N1CCN(C(=O)O)C[C@@H]1CO2. The van der Waals surface area contributed by atoms with Crippen LogP contribution in [0.5, 0.6) is 5.75 Å². The molecule has 9 nitrogen and oxygen atoms in total. The molecule has 0 aromatic carbocycles. The number of carboxylic acid groups (broad SMARTS) is 1.